The van der Waals surface area contributed by atoms with Crippen LogP contribution in [0.3, 0.4) is 0 Å². The summed E-state index contributed by atoms with van der Waals surface area (Å²) in [6.45, 7) is 8.77. The highest BCUT2D eigenvalue weighted by atomic mass is 35.5. The third-order valence-electron chi connectivity index (χ3n) is 5.64. The van der Waals surface area contributed by atoms with Crippen molar-refractivity contribution in [1.82, 2.24) is 4.90 Å². The van der Waals surface area contributed by atoms with Crippen LogP contribution in [0, 0.1) is 11.8 Å². The number of nitroso groups, excluding NO2 is 1. The van der Waals surface area contributed by atoms with Crippen LogP contribution in [0.25, 0.3) is 0 Å². The summed E-state index contributed by atoms with van der Waals surface area (Å²) in [4.78, 5) is 15.1. The van der Waals surface area contributed by atoms with E-state index in [9.17, 15) is 10.0 Å². The van der Waals surface area contributed by atoms with Crippen LogP contribution in [0.4, 0.5) is 11.4 Å². The number of anilines is 1. The molecule has 2 rings (SSSR count). The molecule has 0 bridgehead atoms. The summed E-state index contributed by atoms with van der Waals surface area (Å²) in [7, 11) is 3.94. The summed E-state index contributed by atoms with van der Waals surface area (Å²) >= 11 is 6.12. The summed E-state index contributed by atoms with van der Waals surface area (Å²) in [5.41, 5.74) is 4.64. The normalized spacial score (nSPS) is 12.1. The van der Waals surface area contributed by atoms with E-state index in [0.29, 0.717) is 16.8 Å². The van der Waals surface area contributed by atoms with Crippen LogP contribution in [-0.2, 0) is 12.8 Å². The standard InChI is InChI=1S/C24H32ClN3O2/c1-6-13-27(4)22(15-20-16-24(26-30)23(25)14-17(20)2)12-9-19-7-10-21(11-8-19)28(5)18(3)29/h7-8,10-11,14,16,22,29H,3,6,9,12-13,15H2,1-2,4-5H3. The van der Waals surface area contributed by atoms with Crippen molar-refractivity contribution in [2.24, 2.45) is 5.18 Å². The Morgan fingerprint density at radius 2 is 1.90 bits per heavy atom. The molecule has 0 aliphatic carbocycles. The first-order valence-electron chi connectivity index (χ1n) is 10.3. The van der Waals surface area contributed by atoms with Crippen molar-refractivity contribution in [3.8, 4) is 0 Å². The average molecular weight is 430 g/mol. The second-order valence-electron chi connectivity index (χ2n) is 7.84. The average Bonchev–Trinajstić information content (AvgIpc) is 2.72. The third kappa shape index (κ3) is 6.31. The van der Waals surface area contributed by atoms with E-state index in [0.717, 1.165) is 49.0 Å². The zero-order chi connectivity index (χ0) is 22.3. The molecule has 0 amide bonds. The third-order valence-corrected chi connectivity index (χ3v) is 5.94. The van der Waals surface area contributed by atoms with E-state index in [-0.39, 0.29) is 5.88 Å². The molecule has 1 atom stereocenters. The molecular weight excluding hydrogens is 398 g/mol. The van der Waals surface area contributed by atoms with E-state index >= 15 is 0 Å². The van der Waals surface area contributed by atoms with Gasteiger partial charge in [-0.3, -0.25) is 0 Å². The van der Waals surface area contributed by atoms with Crippen molar-refractivity contribution >= 4 is 23.0 Å². The number of aryl methyl sites for hydroxylation is 2. The lowest BCUT2D eigenvalue weighted by Crippen LogP contribution is -2.34. The molecule has 0 spiro atoms. The number of halogens is 1. The molecule has 0 fully saturated rings. The van der Waals surface area contributed by atoms with Gasteiger partial charge in [0, 0.05) is 18.8 Å². The molecule has 1 unspecified atom stereocenters. The Morgan fingerprint density at radius 3 is 2.47 bits per heavy atom. The molecule has 30 heavy (non-hydrogen) atoms. The van der Waals surface area contributed by atoms with Crippen LogP contribution < -0.4 is 4.90 Å². The maximum Gasteiger partial charge on any atom is 0.183 e. The minimum atomic E-state index is 0.0199. The minimum Gasteiger partial charge on any atom is -0.495 e. The highest BCUT2D eigenvalue weighted by Crippen LogP contribution is 2.30. The van der Waals surface area contributed by atoms with E-state index in [1.165, 1.54) is 5.56 Å². The molecule has 0 heterocycles. The first kappa shape index (κ1) is 23.9. The highest BCUT2D eigenvalue weighted by Gasteiger charge is 2.18. The minimum absolute atomic E-state index is 0.0199. The van der Waals surface area contributed by atoms with Crippen molar-refractivity contribution in [3.63, 3.8) is 0 Å². The number of aliphatic hydroxyl groups excluding tert-OH is 1. The quantitative estimate of drug-likeness (QED) is 0.331. The fourth-order valence-corrected chi connectivity index (χ4v) is 3.88. The smallest absolute Gasteiger partial charge is 0.183 e. The number of likely N-dealkylation sites (N-methyl/N-ethyl adjacent to an activating group) is 1. The topological polar surface area (TPSA) is 56.1 Å². The summed E-state index contributed by atoms with van der Waals surface area (Å²) < 4.78 is 0. The van der Waals surface area contributed by atoms with Gasteiger partial charge in [0.25, 0.3) is 0 Å². The Labute approximate surface area is 184 Å². The van der Waals surface area contributed by atoms with Crippen molar-refractivity contribution < 1.29 is 5.11 Å². The van der Waals surface area contributed by atoms with Crippen molar-refractivity contribution in [1.29, 1.82) is 0 Å². The van der Waals surface area contributed by atoms with Crippen LogP contribution in [0.5, 0.6) is 0 Å². The Kier molecular flexibility index (Phi) is 8.88. The van der Waals surface area contributed by atoms with Gasteiger partial charge in [-0.2, -0.15) is 0 Å². The largest absolute Gasteiger partial charge is 0.495 e. The number of hydrogen-bond acceptors (Lipinski definition) is 5. The molecule has 0 radical (unpaired) electrons. The molecule has 0 saturated carbocycles. The second kappa shape index (κ2) is 11.1. The number of nitrogens with zero attached hydrogens (tertiary/aromatic N) is 3. The molecule has 0 aliphatic rings. The first-order valence-corrected chi connectivity index (χ1v) is 10.7. The molecule has 0 aliphatic heterocycles. The maximum atomic E-state index is 11.1. The van der Waals surface area contributed by atoms with Crippen LogP contribution in [0.15, 0.2) is 54.0 Å². The Hall–Kier alpha value is -2.37. The van der Waals surface area contributed by atoms with Gasteiger partial charge in [0.2, 0.25) is 0 Å². The summed E-state index contributed by atoms with van der Waals surface area (Å²) in [5, 5.41) is 13.0. The van der Waals surface area contributed by atoms with Crippen molar-refractivity contribution in [2.45, 2.75) is 45.6 Å². The van der Waals surface area contributed by atoms with Gasteiger partial charge in [-0.15, -0.1) is 4.91 Å². The van der Waals surface area contributed by atoms with E-state index < -0.39 is 0 Å². The summed E-state index contributed by atoms with van der Waals surface area (Å²) in [5.74, 6) is 0.0199. The predicted molar refractivity (Wildman–Crippen MR) is 127 cm³/mol. The number of aliphatic hydroxyl groups is 1. The Morgan fingerprint density at radius 1 is 1.23 bits per heavy atom. The maximum absolute atomic E-state index is 11.1. The number of benzene rings is 2. The molecule has 162 valence electrons. The molecule has 0 saturated heterocycles. The van der Waals surface area contributed by atoms with Gasteiger partial charge in [-0.25, -0.2) is 0 Å². The van der Waals surface area contributed by atoms with E-state index in [1.54, 1.807) is 11.9 Å². The molecule has 5 nitrogen and oxygen atoms in total. The van der Waals surface area contributed by atoms with Gasteiger partial charge in [0.05, 0.1) is 5.02 Å². The van der Waals surface area contributed by atoms with Crippen LogP contribution >= 0.6 is 11.6 Å². The molecule has 2 aromatic rings. The van der Waals surface area contributed by atoms with Gasteiger partial charge in [0.15, 0.2) is 5.88 Å². The molecule has 2 aromatic carbocycles. The Balaban J connectivity index is 2.14. The van der Waals surface area contributed by atoms with Crippen LogP contribution in [-0.4, -0.2) is 36.7 Å². The van der Waals surface area contributed by atoms with Gasteiger partial charge >= 0.3 is 0 Å². The molecular formula is C24H32ClN3O2. The number of hydrogen-bond donors (Lipinski definition) is 1. The SMILES string of the molecule is C=C(O)N(C)c1ccc(CCC(Cc2cc(N=O)c(Cl)cc2C)N(C)CCC)cc1. The van der Waals surface area contributed by atoms with Crippen LogP contribution in [0.2, 0.25) is 5.02 Å². The summed E-state index contributed by atoms with van der Waals surface area (Å²) in [6, 6.07) is 12.2. The van der Waals surface area contributed by atoms with Crippen molar-refractivity contribution in [3.05, 3.63) is 75.5 Å². The predicted octanol–water partition coefficient (Wildman–Crippen LogP) is 6.40. The fourth-order valence-electron chi connectivity index (χ4n) is 3.63. The van der Waals surface area contributed by atoms with Gasteiger partial charge in [-0.05, 0) is 98.9 Å². The Bertz CT molecular complexity index is 867. The zero-order valence-corrected chi connectivity index (χ0v) is 19.1. The second-order valence-corrected chi connectivity index (χ2v) is 8.25. The van der Waals surface area contributed by atoms with E-state index in [4.69, 9.17) is 11.6 Å². The number of rotatable bonds is 11. The zero-order valence-electron chi connectivity index (χ0n) is 18.4. The van der Waals surface area contributed by atoms with Crippen molar-refractivity contribution in [2.75, 3.05) is 25.5 Å². The first-order chi connectivity index (χ1) is 14.3. The molecule has 1 N–H and O–H groups in total. The van der Waals surface area contributed by atoms with Crippen LogP contribution in [0.1, 0.15) is 36.5 Å². The highest BCUT2D eigenvalue weighted by molar-refractivity contribution is 6.33. The van der Waals surface area contributed by atoms with Gasteiger partial charge in [-0.1, -0.05) is 30.7 Å². The fraction of sp³-hybridized carbons (Fsp3) is 0.417. The molecule has 0 aromatic heterocycles. The molecule has 6 heteroatoms. The van der Waals surface area contributed by atoms with Gasteiger partial charge < -0.3 is 14.9 Å². The monoisotopic (exact) mass is 429 g/mol. The van der Waals surface area contributed by atoms with E-state index in [1.807, 2.05) is 31.2 Å². The van der Waals surface area contributed by atoms with Gasteiger partial charge in [0.1, 0.15) is 5.69 Å². The lowest BCUT2D eigenvalue weighted by molar-refractivity contribution is 0.229. The van der Waals surface area contributed by atoms with E-state index in [2.05, 4.69) is 42.8 Å². The lowest BCUT2D eigenvalue weighted by Gasteiger charge is -2.29. The lowest BCUT2D eigenvalue weighted by atomic mass is 9.95. The summed E-state index contributed by atoms with van der Waals surface area (Å²) in [6.07, 6.45) is 3.85.